The number of carbonyl (C=O) groups excluding carboxylic acids is 6. The summed E-state index contributed by atoms with van der Waals surface area (Å²) in [6.45, 7) is 5.63. The number of carbonyl (C=O) groups is 6. The minimum Gasteiger partial charge on any atom is -0.379 e. The average Bonchev–Trinajstić information content (AvgIpc) is 4.08. The van der Waals surface area contributed by atoms with E-state index >= 15 is 0 Å². The number of anilines is 1. The molecular weight excluding hydrogens is 770 g/mol. The smallest absolute Gasteiger partial charge is 0.312 e. The highest BCUT2D eigenvalue weighted by molar-refractivity contribution is 5.98. The quantitative estimate of drug-likeness (QED) is 0.0265. The molecule has 21 nitrogen and oxygen atoms in total. The molecule has 21 heteroatoms. The molecule has 7 amide bonds. The van der Waals surface area contributed by atoms with Gasteiger partial charge in [0.15, 0.2) is 0 Å². The fraction of sp³-hybridized carbons (Fsp3) is 0.579. The average molecular weight is 828 g/mol. The van der Waals surface area contributed by atoms with Gasteiger partial charge in [-0.1, -0.05) is 31.2 Å². The summed E-state index contributed by atoms with van der Waals surface area (Å²) in [4.78, 5) is 74.3. The first kappa shape index (κ1) is 46.2. The molecule has 0 spiro atoms. The highest BCUT2D eigenvalue weighted by atomic mass is 16.5. The van der Waals surface area contributed by atoms with Crippen LogP contribution in [0.2, 0.25) is 0 Å². The first-order valence-corrected chi connectivity index (χ1v) is 19.6. The van der Waals surface area contributed by atoms with Crippen molar-refractivity contribution in [1.82, 2.24) is 47.1 Å². The molecule has 59 heavy (non-hydrogen) atoms. The van der Waals surface area contributed by atoms with Gasteiger partial charge in [0.05, 0.1) is 58.4 Å². The van der Waals surface area contributed by atoms with Gasteiger partial charge >= 0.3 is 6.03 Å². The molecule has 0 fully saturated rings. The van der Waals surface area contributed by atoms with Crippen molar-refractivity contribution < 1.29 is 47.7 Å². The van der Waals surface area contributed by atoms with Crippen molar-refractivity contribution in [1.29, 1.82) is 0 Å². The molecule has 0 radical (unpaired) electrons. The number of primary amides is 1. The second-order valence-corrected chi connectivity index (χ2v) is 14.3. The fourth-order valence-corrected chi connectivity index (χ4v) is 5.63. The van der Waals surface area contributed by atoms with Crippen molar-refractivity contribution in [2.45, 2.75) is 77.2 Å². The molecule has 0 bridgehead atoms. The predicted octanol–water partition coefficient (Wildman–Crippen LogP) is -1.06. The first-order chi connectivity index (χ1) is 28.4. The molecule has 4 rings (SSSR count). The Labute approximate surface area is 342 Å². The third-order valence-corrected chi connectivity index (χ3v) is 9.13. The van der Waals surface area contributed by atoms with E-state index < -0.39 is 35.8 Å². The van der Waals surface area contributed by atoms with Crippen LogP contribution >= 0.6 is 0 Å². The van der Waals surface area contributed by atoms with Crippen LogP contribution < -0.4 is 43.2 Å². The van der Waals surface area contributed by atoms with Gasteiger partial charge in [0.1, 0.15) is 31.0 Å². The van der Waals surface area contributed by atoms with Crippen molar-refractivity contribution in [3.05, 3.63) is 52.9 Å². The van der Waals surface area contributed by atoms with E-state index in [2.05, 4.69) is 47.7 Å². The zero-order valence-electron chi connectivity index (χ0n) is 33.8. The van der Waals surface area contributed by atoms with Gasteiger partial charge in [0, 0.05) is 25.8 Å². The molecular formula is C38H57N11O10. The minimum atomic E-state index is -0.990. The zero-order chi connectivity index (χ0) is 42.6. The van der Waals surface area contributed by atoms with E-state index in [1.807, 2.05) is 12.1 Å². The van der Waals surface area contributed by atoms with Gasteiger partial charge < -0.3 is 51.3 Å². The van der Waals surface area contributed by atoms with Crippen LogP contribution in [0.5, 0.6) is 0 Å². The molecule has 2 aliphatic carbocycles. The maximum absolute atomic E-state index is 13.5. The number of urea groups is 1. The first-order valence-electron chi connectivity index (χ1n) is 19.6. The van der Waals surface area contributed by atoms with Crippen LogP contribution in [-0.4, -0.2) is 129 Å². The summed E-state index contributed by atoms with van der Waals surface area (Å²) in [6, 6.07) is 4.73. The molecule has 1 heterocycles. The molecule has 1 aromatic heterocycles. The van der Waals surface area contributed by atoms with Gasteiger partial charge in [-0.2, -0.15) is 0 Å². The van der Waals surface area contributed by atoms with Gasteiger partial charge in [-0.3, -0.25) is 29.4 Å². The topological polar surface area (TPSA) is 280 Å². The SMILES string of the molecule is COCC(=O)NCc1cn(CCOCCOCCC(=O)N[C@H](C(=O)N[C@@H](CCCNC(N)=O)C(=O)Nc2ccc(CCOCC(=O)NNC3C4=C3C4)cc2)C(C)C)nn1. The van der Waals surface area contributed by atoms with Gasteiger partial charge in [0.25, 0.3) is 5.91 Å². The van der Waals surface area contributed by atoms with Crippen molar-refractivity contribution in [3.8, 4) is 0 Å². The van der Waals surface area contributed by atoms with Crippen LogP contribution in [-0.2, 0) is 62.4 Å². The number of methoxy groups -OCH3 is 1. The number of rotatable bonds is 30. The number of benzene rings is 1. The number of hydrogen-bond acceptors (Lipinski definition) is 13. The van der Waals surface area contributed by atoms with Crippen LogP contribution in [0, 0.1) is 5.92 Å². The van der Waals surface area contributed by atoms with E-state index in [9.17, 15) is 28.8 Å². The van der Waals surface area contributed by atoms with E-state index in [4.69, 9.17) is 24.7 Å². The fourth-order valence-electron chi connectivity index (χ4n) is 5.63. The zero-order valence-corrected chi connectivity index (χ0v) is 33.8. The van der Waals surface area contributed by atoms with Gasteiger partial charge in [-0.05, 0) is 60.4 Å². The third-order valence-electron chi connectivity index (χ3n) is 9.13. The molecule has 0 aliphatic heterocycles. The van der Waals surface area contributed by atoms with E-state index in [-0.39, 0.29) is 82.7 Å². The van der Waals surface area contributed by atoms with Crippen LogP contribution in [0.25, 0.3) is 0 Å². The summed E-state index contributed by atoms with van der Waals surface area (Å²) in [5.41, 5.74) is 15.5. The molecule has 2 aromatic rings. The lowest BCUT2D eigenvalue weighted by atomic mass is 10.0. The maximum Gasteiger partial charge on any atom is 0.312 e. The largest absolute Gasteiger partial charge is 0.379 e. The summed E-state index contributed by atoms with van der Waals surface area (Å²) < 4.78 is 22.9. The summed E-state index contributed by atoms with van der Waals surface area (Å²) in [7, 11) is 1.44. The van der Waals surface area contributed by atoms with Crippen LogP contribution in [0.3, 0.4) is 0 Å². The number of ether oxygens (including phenoxy) is 4. The number of nitrogens with one attached hydrogen (secondary N) is 7. The molecule has 2 aliphatic rings. The van der Waals surface area contributed by atoms with E-state index in [0.29, 0.717) is 44.0 Å². The second-order valence-electron chi connectivity index (χ2n) is 14.3. The van der Waals surface area contributed by atoms with Crippen LogP contribution in [0.15, 0.2) is 41.6 Å². The van der Waals surface area contributed by atoms with Gasteiger partial charge in [-0.15, -0.1) is 5.10 Å². The lowest BCUT2D eigenvalue weighted by molar-refractivity contribution is -0.132. The molecule has 0 saturated carbocycles. The molecule has 1 aromatic carbocycles. The number of amides is 7. The van der Waals surface area contributed by atoms with Crippen molar-refractivity contribution in [3.63, 3.8) is 0 Å². The lowest BCUT2D eigenvalue weighted by Crippen LogP contribution is -2.54. The van der Waals surface area contributed by atoms with Crippen LogP contribution in [0.1, 0.15) is 50.8 Å². The van der Waals surface area contributed by atoms with E-state index in [0.717, 1.165) is 12.0 Å². The Balaban J connectivity index is 1.13. The van der Waals surface area contributed by atoms with E-state index in [1.54, 1.807) is 36.9 Å². The number of hydrogen-bond donors (Lipinski definition) is 8. The lowest BCUT2D eigenvalue weighted by Gasteiger charge is -2.25. The summed E-state index contributed by atoms with van der Waals surface area (Å²) in [5.74, 6) is -2.22. The highest BCUT2D eigenvalue weighted by Gasteiger charge is 2.49. The van der Waals surface area contributed by atoms with E-state index in [1.165, 1.54) is 18.3 Å². The van der Waals surface area contributed by atoms with Gasteiger partial charge in [-0.25, -0.2) is 14.9 Å². The summed E-state index contributed by atoms with van der Waals surface area (Å²) >= 11 is 0. The highest BCUT2D eigenvalue weighted by Crippen LogP contribution is 2.54. The molecule has 324 valence electrons. The Kier molecular flexibility index (Phi) is 19.1. The Morgan fingerprint density at radius 1 is 0.864 bits per heavy atom. The number of hydrazine groups is 1. The summed E-state index contributed by atoms with van der Waals surface area (Å²) in [5, 5.41) is 21.5. The summed E-state index contributed by atoms with van der Waals surface area (Å²) in [6.07, 6.45) is 3.85. The monoisotopic (exact) mass is 827 g/mol. The Morgan fingerprint density at radius 2 is 1.61 bits per heavy atom. The normalized spacial score (nSPS) is 13.9. The maximum atomic E-state index is 13.5. The van der Waals surface area contributed by atoms with Crippen molar-refractivity contribution in [2.24, 2.45) is 11.7 Å². The van der Waals surface area contributed by atoms with Gasteiger partial charge in [0.2, 0.25) is 23.6 Å². The Hall–Kier alpha value is -5.48. The predicted molar refractivity (Wildman–Crippen MR) is 212 cm³/mol. The van der Waals surface area contributed by atoms with Crippen LogP contribution in [0.4, 0.5) is 10.5 Å². The molecule has 0 saturated heterocycles. The number of nitrogens with two attached hydrogens (primary N) is 1. The number of aromatic nitrogens is 3. The second kappa shape index (κ2) is 24.4. The third kappa shape index (κ3) is 17.5. The molecule has 9 N–H and O–H groups in total. The molecule has 2 atom stereocenters. The number of nitrogens with zero attached hydrogens (tertiary/aromatic N) is 3. The molecule has 0 unspecified atom stereocenters. The Morgan fingerprint density at radius 3 is 2.29 bits per heavy atom. The Bertz CT molecular complexity index is 1740. The van der Waals surface area contributed by atoms with Crippen molar-refractivity contribution >= 4 is 41.3 Å². The minimum absolute atomic E-state index is 0.00350. The standard InChI is InChI=1S/C38H57N11O10/c1-24(2)34(44-31(50)11-15-57-17-18-58-16-13-49-21-27(45-48-49)20-41-32(51)22-56-3)37(54)43-30(5-4-12-40-38(39)55)36(53)42-26-8-6-25(7-9-26)10-14-59-23-33(52)46-47-35-28-19-29(28)35/h6-9,21,24,30,34-35,47H,4-5,10-20,22-23H2,1-3H3,(H,41,51)(H,42,53)(H,43,54)(H,44,50)(H,46,52)(H3,39,40,55)/t30-,34-/m0/s1. The van der Waals surface area contributed by atoms with Crippen molar-refractivity contribution in [2.75, 3.05) is 65.2 Å².